The number of hydrogen-bond donors (Lipinski definition) is 1. The van der Waals surface area contributed by atoms with Crippen LogP contribution in [0.25, 0.3) is 0 Å². The minimum Gasteiger partial charge on any atom is -0.326 e. The van der Waals surface area contributed by atoms with Gasteiger partial charge in [-0.25, -0.2) is 0 Å². The third-order valence-corrected chi connectivity index (χ3v) is 4.01. The number of nitrogens with one attached hydrogen (secondary N) is 1. The van der Waals surface area contributed by atoms with E-state index in [4.69, 9.17) is 0 Å². The molecule has 0 radical (unpaired) electrons. The van der Waals surface area contributed by atoms with Crippen LogP contribution < -0.4 is 5.32 Å². The van der Waals surface area contributed by atoms with E-state index in [1.165, 1.54) is 44.1 Å². The molecule has 2 heteroatoms. The van der Waals surface area contributed by atoms with Crippen LogP contribution in [-0.2, 0) is 11.2 Å². The van der Waals surface area contributed by atoms with E-state index in [1.807, 2.05) is 12.1 Å². The lowest BCUT2D eigenvalue weighted by molar-refractivity contribution is -0.117. The maximum absolute atomic E-state index is 11.9. The van der Waals surface area contributed by atoms with Crippen molar-refractivity contribution in [3.8, 4) is 0 Å². The average molecular weight is 259 g/mol. The molecule has 1 aliphatic carbocycles. The number of amides is 1. The number of aryl methyl sites for hydroxylation is 1. The van der Waals surface area contributed by atoms with E-state index in [1.54, 1.807) is 0 Å². The van der Waals surface area contributed by atoms with Crippen LogP contribution in [0, 0.1) is 5.92 Å². The summed E-state index contributed by atoms with van der Waals surface area (Å²) in [7, 11) is 0. The minimum absolute atomic E-state index is 0.174. The van der Waals surface area contributed by atoms with Crippen LogP contribution in [0.5, 0.6) is 0 Å². The lowest BCUT2D eigenvalue weighted by Crippen LogP contribution is -2.15. The summed E-state index contributed by atoms with van der Waals surface area (Å²) in [5, 5.41) is 3.01. The van der Waals surface area contributed by atoms with E-state index in [0.29, 0.717) is 12.3 Å². The van der Waals surface area contributed by atoms with E-state index < -0.39 is 0 Å². The quantitative estimate of drug-likeness (QED) is 0.798. The monoisotopic (exact) mass is 259 g/mol. The maximum Gasteiger partial charge on any atom is 0.224 e. The average Bonchev–Trinajstić information content (AvgIpc) is 2.90. The summed E-state index contributed by atoms with van der Waals surface area (Å²) in [6.45, 7) is 2.21. The molecule has 0 spiro atoms. The normalized spacial score (nSPS) is 15.6. The van der Waals surface area contributed by atoms with Gasteiger partial charge in [0.05, 0.1) is 0 Å². The van der Waals surface area contributed by atoms with Gasteiger partial charge in [-0.3, -0.25) is 4.79 Å². The standard InChI is InChI=1S/C17H25NO/c1-2-3-6-14-9-11-16(12-10-14)18-17(19)13-15-7-4-5-8-15/h9-12,15H,2-8,13H2,1H3,(H,18,19). The summed E-state index contributed by atoms with van der Waals surface area (Å²) in [6, 6.07) is 8.30. The Morgan fingerprint density at radius 2 is 1.89 bits per heavy atom. The summed E-state index contributed by atoms with van der Waals surface area (Å²) < 4.78 is 0. The van der Waals surface area contributed by atoms with Gasteiger partial charge in [-0.15, -0.1) is 0 Å². The molecule has 0 aromatic heterocycles. The molecule has 0 saturated heterocycles. The molecule has 0 atom stereocenters. The fraction of sp³-hybridized carbons (Fsp3) is 0.588. The molecule has 0 aliphatic heterocycles. The van der Waals surface area contributed by atoms with Gasteiger partial charge in [-0.1, -0.05) is 38.3 Å². The van der Waals surface area contributed by atoms with Gasteiger partial charge in [0.15, 0.2) is 0 Å². The molecular weight excluding hydrogens is 234 g/mol. The Kier molecular flexibility index (Phi) is 5.44. The molecule has 19 heavy (non-hydrogen) atoms. The molecule has 0 unspecified atom stereocenters. The largest absolute Gasteiger partial charge is 0.326 e. The van der Waals surface area contributed by atoms with E-state index in [9.17, 15) is 4.79 Å². The van der Waals surface area contributed by atoms with Crippen LogP contribution in [0.4, 0.5) is 5.69 Å². The molecule has 0 bridgehead atoms. The van der Waals surface area contributed by atoms with Crippen molar-refractivity contribution < 1.29 is 4.79 Å². The Hall–Kier alpha value is -1.31. The lowest BCUT2D eigenvalue weighted by Gasteiger charge is -2.10. The van der Waals surface area contributed by atoms with Crippen molar-refractivity contribution >= 4 is 11.6 Å². The highest BCUT2D eigenvalue weighted by molar-refractivity contribution is 5.90. The number of benzene rings is 1. The number of anilines is 1. The van der Waals surface area contributed by atoms with Crippen molar-refractivity contribution in [1.29, 1.82) is 0 Å². The van der Waals surface area contributed by atoms with Crippen molar-refractivity contribution in [3.05, 3.63) is 29.8 Å². The van der Waals surface area contributed by atoms with Crippen LogP contribution in [-0.4, -0.2) is 5.91 Å². The molecule has 1 saturated carbocycles. The van der Waals surface area contributed by atoms with Gasteiger partial charge >= 0.3 is 0 Å². The summed E-state index contributed by atoms with van der Waals surface area (Å²) in [4.78, 5) is 11.9. The molecule has 1 fully saturated rings. The number of hydrogen-bond acceptors (Lipinski definition) is 1. The van der Waals surface area contributed by atoms with Crippen molar-refractivity contribution in [2.24, 2.45) is 5.92 Å². The number of unbranched alkanes of at least 4 members (excludes halogenated alkanes) is 1. The van der Waals surface area contributed by atoms with Crippen LogP contribution in [0.1, 0.15) is 57.4 Å². The first-order valence-corrected chi connectivity index (χ1v) is 7.66. The Labute approximate surface area is 116 Å². The van der Waals surface area contributed by atoms with Crippen LogP contribution >= 0.6 is 0 Å². The topological polar surface area (TPSA) is 29.1 Å². The highest BCUT2D eigenvalue weighted by Crippen LogP contribution is 2.27. The molecular formula is C17H25NO. The zero-order valence-corrected chi connectivity index (χ0v) is 12.0. The Balaban J connectivity index is 1.79. The van der Waals surface area contributed by atoms with E-state index in [2.05, 4.69) is 24.4 Å². The predicted molar refractivity (Wildman–Crippen MR) is 80.3 cm³/mol. The summed E-state index contributed by atoms with van der Waals surface area (Å²) in [6.07, 6.45) is 9.32. The lowest BCUT2D eigenvalue weighted by atomic mass is 10.0. The number of carbonyl (C=O) groups is 1. The molecule has 1 N–H and O–H groups in total. The first-order chi connectivity index (χ1) is 9.28. The Morgan fingerprint density at radius 3 is 2.53 bits per heavy atom. The van der Waals surface area contributed by atoms with Gasteiger partial charge in [0.25, 0.3) is 0 Å². The van der Waals surface area contributed by atoms with Crippen LogP contribution in [0.15, 0.2) is 24.3 Å². The summed E-state index contributed by atoms with van der Waals surface area (Å²) >= 11 is 0. The molecule has 104 valence electrons. The van der Waals surface area contributed by atoms with Gasteiger partial charge in [0.1, 0.15) is 0 Å². The van der Waals surface area contributed by atoms with Crippen molar-refractivity contribution in [2.45, 2.75) is 58.3 Å². The maximum atomic E-state index is 11.9. The number of carbonyl (C=O) groups excluding carboxylic acids is 1. The molecule has 1 amide bonds. The third kappa shape index (κ3) is 4.70. The SMILES string of the molecule is CCCCc1ccc(NC(=O)CC2CCCC2)cc1. The Morgan fingerprint density at radius 1 is 1.21 bits per heavy atom. The van der Waals surface area contributed by atoms with Gasteiger partial charge < -0.3 is 5.32 Å². The third-order valence-electron chi connectivity index (χ3n) is 4.01. The van der Waals surface area contributed by atoms with Gasteiger partial charge in [0, 0.05) is 12.1 Å². The van der Waals surface area contributed by atoms with E-state index in [0.717, 1.165) is 12.1 Å². The van der Waals surface area contributed by atoms with Crippen molar-refractivity contribution in [3.63, 3.8) is 0 Å². The molecule has 2 nitrogen and oxygen atoms in total. The second-order valence-electron chi connectivity index (χ2n) is 5.70. The van der Waals surface area contributed by atoms with Crippen LogP contribution in [0.2, 0.25) is 0 Å². The minimum atomic E-state index is 0.174. The Bertz CT molecular complexity index is 390. The fourth-order valence-corrected chi connectivity index (χ4v) is 2.82. The molecule has 0 heterocycles. The van der Waals surface area contributed by atoms with Gasteiger partial charge in [-0.2, -0.15) is 0 Å². The van der Waals surface area contributed by atoms with E-state index in [-0.39, 0.29) is 5.91 Å². The second-order valence-corrected chi connectivity index (χ2v) is 5.70. The molecule has 2 rings (SSSR count). The van der Waals surface area contributed by atoms with Crippen molar-refractivity contribution in [1.82, 2.24) is 0 Å². The molecule has 1 aromatic rings. The fourth-order valence-electron chi connectivity index (χ4n) is 2.82. The zero-order chi connectivity index (χ0) is 13.5. The predicted octanol–water partition coefficient (Wildman–Crippen LogP) is 4.55. The first kappa shape index (κ1) is 14.1. The highest BCUT2D eigenvalue weighted by atomic mass is 16.1. The molecule has 1 aromatic carbocycles. The summed E-state index contributed by atoms with van der Waals surface area (Å²) in [5.74, 6) is 0.789. The smallest absolute Gasteiger partial charge is 0.224 e. The highest BCUT2D eigenvalue weighted by Gasteiger charge is 2.18. The van der Waals surface area contributed by atoms with Gasteiger partial charge in [-0.05, 0) is 49.3 Å². The van der Waals surface area contributed by atoms with E-state index >= 15 is 0 Å². The number of rotatable bonds is 6. The second kappa shape index (κ2) is 7.32. The molecule has 1 aliphatic rings. The van der Waals surface area contributed by atoms with Crippen LogP contribution in [0.3, 0.4) is 0 Å². The summed E-state index contributed by atoms with van der Waals surface area (Å²) in [5.41, 5.74) is 2.29. The zero-order valence-electron chi connectivity index (χ0n) is 12.0. The van der Waals surface area contributed by atoms with Crippen molar-refractivity contribution in [2.75, 3.05) is 5.32 Å². The first-order valence-electron chi connectivity index (χ1n) is 7.66. The van der Waals surface area contributed by atoms with Gasteiger partial charge in [0.2, 0.25) is 5.91 Å².